The van der Waals surface area contributed by atoms with E-state index in [0.717, 1.165) is 16.5 Å². The van der Waals surface area contributed by atoms with Crippen LogP contribution in [0.1, 0.15) is 5.56 Å². The third kappa shape index (κ3) is 1.46. The van der Waals surface area contributed by atoms with E-state index in [4.69, 9.17) is 14.9 Å². The lowest BCUT2D eigenvalue weighted by Gasteiger charge is -1.99. The van der Waals surface area contributed by atoms with Crippen LogP contribution >= 0.6 is 0 Å². The highest BCUT2D eigenvalue weighted by Gasteiger charge is 2.09. The summed E-state index contributed by atoms with van der Waals surface area (Å²) in [4.78, 5) is 0. The second-order valence-electron chi connectivity index (χ2n) is 3.15. The maximum Gasteiger partial charge on any atom is 0.288 e. The summed E-state index contributed by atoms with van der Waals surface area (Å²) in [5.74, 6) is 0.580. The van der Waals surface area contributed by atoms with Gasteiger partial charge in [0.15, 0.2) is 0 Å². The van der Waals surface area contributed by atoms with Gasteiger partial charge in [-0.2, -0.15) is 0 Å². The molecule has 3 heteroatoms. The van der Waals surface area contributed by atoms with Crippen molar-refractivity contribution >= 4 is 11.0 Å². The highest BCUT2D eigenvalue weighted by atomic mass is 16.6. The molecule has 0 aliphatic heterocycles. The summed E-state index contributed by atoms with van der Waals surface area (Å²) in [6.45, 7) is 2.97. The average Bonchev–Trinajstić information content (AvgIpc) is 2.54. The zero-order chi connectivity index (χ0) is 9.97. The van der Waals surface area contributed by atoms with E-state index in [9.17, 15) is 0 Å². The Balaban J connectivity index is 2.41. The van der Waals surface area contributed by atoms with Gasteiger partial charge in [0.1, 0.15) is 12.2 Å². The molecule has 1 heterocycles. The van der Waals surface area contributed by atoms with E-state index in [0.29, 0.717) is 19.1 Å². The summed E-state index contributed by atoms with van der Waals surface area (Å²) in [7, 11) is 0. The molecule has 0 unspecified atom stereocenters. The van der Waals surface area contributed by atoms with Gasteiger partial charge in [-0.3, -0.25) is 0 Å². The molecule has 2 rings (SSSR count). The first-order valence-corrected chi connectivity index (χ1v) is 4.64. The third-order valence-corrected chi connectivity index (χ3v) is 2.15. The number of hydrogen-bond acceptors (Lipinski definition) is 3. The lowest BCUT2D eigenvalue weighted by atomic mass is 10.2. The van der Waals surface area contributed by atoms with Crippen LogP contribution in [0.3, 0.4) is 0 Å². The summed E-state index contributed by atoms with van der Waals surface area (Å²) in [5.41, 5.74) is 7.25. The van der Waals surface area contributed by atoms with E-state index < -0.39 is 0 Å². The van der Waals surface area contributed by atoms with Crippen molar-refractivity contribution in [1.29, 1.82) is 0 Å². The van der Waals surface area contributed by atoms with E-state index in [1.807, 2.05) is 31.2 Å². The van der Waals surface area contributed by atoms with Crippen LogP contribution in [0.25, 0.3) is 11.0 Å². The van der Waals surface area contributed by atoms with Gasteiger partial charge in [-0.15, -0.1) is 0 Å². The van der Waals surface area contributed by atoms with Crippen molar-refractivity contribution in [3.8, 4) is 5.95 Å². The quantitative estimate of drug-likeness (QED) is 0.808. The normalized spacial score (nSPS) is 10.7. The Morgan fingerprint density at radius 1 is 1.36 bits per heavy atom. The fourth-order valence-corrected chi connectivity index (χ4v) is 1.44. The number of furan rings is 1. The third-order valence-electron chi connectivity index (χ3n) is 2.15. The Morgan fingerprint density at radius 2 is 2.14 bits per heavy atom. The van der Waals surface area contributed by atoms with E-state index in [2.05, 4.69) is 0 Å². The molecule has 1 aromatic carbocycles. The van der Waals surface area contributed by atoms with Crippen LogP contribution in [0.4, 0.5) is 0 Å². The number of ether oxygens (including phenoxy) is 1. The largest absolute Gasteiger partial charge is 0.464 e. The molecule has 2 aromatic rings. The van der Waals surface area contributed by atoms with Crippen LogP contribution in [0.2, 0.25) is 0 Å². The molecule has 0 fully saturated rings. The predicted octanol–water partition coefficient (Wildman–Crippen LogP) is 2.08. The lowest BCUT2D eigenvalue weighted by molar-refractivity contribution is 0.255. The number of fused-ring (bicyclic) bond motifs is 1. The molecule has 0 saturated heterocycles. The van der Waals surface area contributed by atoms with Crippen LogP contribution in [0, 0.1) is 6.92 Å². The van der Waals surface area contributed by atoms with E-state index in [1.165, 1.54) is 0 Å². The monoisotopic (exact) mass is 191 g/mol. The molecule has 0 radical (unpaired) electrons. The van der Waals surface area contributed by atoms with E-state index >= 15 is 0 Å². The lowest BCUT2D eigenvalue weighted by Crippen LogP contribution is -2.10. The molecule has 0 spiro atoms. The average molecular weight is 191 g/mol. The molecule has 0 atom stereocenters. The van der Waals surface area contributed by atoms with Gasteiger partial charge in [0.05, 0.1) is 0 Å². The van der Waals surface area contributed by atoms with Gasteiger partial charge < -0.3 is 14.9 Å². The number of aryl methyl sites for hydroxylation is 1. The summed E-state index contributed by atoms with van der Waals surface area (Å²) < 4.78 is 10.9. The van der Waals surface area contributed by atoms with Crippen LogP contribution in [0.5, 0.6) is 5.95 Å². The standard InChI is InChI=1S/C11H13NO2/c1-8-9-4-2-3-5-10(9)14-11(8)13-7-6-12/h2-5H,6-7,12H2,1H3. The molecule has 0 aliphatic rings. The maximum absolute atomic E-state index is 5.52. The molecule has 14 heavy (non-hydrogen) atoms. The minimum atomic E-state index is 0.487. The summed E-state index contributed by atoms with van der Waals surface area (Å²) >= 11 is 0. The fourth-order valence-electron chi connectivity index (χ4n) is 1.44. The number of rotatable bonds is 3. The van der Waals surface area contributed by atoms with Crippen molar-refractivity contribution in [3.05, 3.63) is 29.8 Å². The minimum absolute atomic E-state index is 0.487. The SMILES string of the molecule is Cc1c(OCCN)oc2ccccc12. The second kappa shape index (κ2) is 3.72. The van der Waals surface area contributed by atoms with Crippen molar-refractivity contribution in [2.75, 3.05) is 13.2 Å². The number of nitrogens with two attached hydrogens (primary N) is 1. The van der Waals surface area contributed by atoms with Gasteiger partial charge in [-0.1, -0.05) is 18.2 Å². The first-order chi connectivity index (χ1) is 6.83. The molecule has 1 aromatic heterocycles. The molecule has 0 amide bonds. The molecular weight excluding hydrogens is 178 g/mol. The number of para-hydroxylation sites is 1. The summed E-state index contributed by atoms with van der Waals surface area (Å²) in [6.07, 6.45) is 0. The Morgan fingerprint density at radius 3 is 2.86 bits per heavy atom. The van der Waals surface area contributed by atoms with Gasteiger partial charge >= 0.3 is 0 Å². The van der Waals surface area contributed by atoms with Gasteiger partial charge in [0.2, 0.25) is 0 Å². The molecule has 3 nitrogen and oxygen atoms in total. The van der Waals surface area contributed by atoms with E-state index in [1.54, 1.807) is 0 Å². The Bertz CT molecular complexity index is 434. The van der Waals surface area contributed by atoms with Crippen LogP contribution in [-0.4, -0.2) is 13.2 Å². The molecule has 0 bridgehead atoms. The zero-order valence-electron chi connectivity index (χ0n) is 8.12. The van der Waals surface area contributed by atoms with Crippen LogP contribution < -0.4 is 10.5 Å². The molecule has 2 N–H and O–H groups in total. The smallest absolute Gasteiger partial charge is 0.288 e. The van der Waals surface area contributed by atoms with Crippen molar-refractivity contribution in [3.63, 3.8) is 0 Å². The van der Waals surface area contributed by atoms with Crippen molar-refractivity contribution in [2.45, 2.75) is 6.92 Å². The maximum atomic E-state index is 5.52. The molecule has 74 valence electrons. The fraction of sp³-hybridized carbons (Fsp3) is 0.273. The predicted molar refractivity (Wildman–Crippen MR) is 55.5 cm³/mol. The summed E-state index contributed by atoms with van der Waals surface area (Å²) in [5, 5.41) is 1.10. The minimum Gasteiger partial charge on any atom is -0.464 e. The zero-order valence-corrected chi connectivity index (χ0v) is 8.12. The summed E-state index contributed by atoms with van der Waals surface area (Å²) in [6, 6.07) is 7.87. The van der Waals surface area contributed by atoms with Gasteiger partial charge in [-0.05, 0) is 13.0 Å². The Hall–Kier alpha value is -1.48. The van der Waals surface area contributed by atoms with E-state index in [-0.39, 0.29) is 0 Å². The molecule has 0 aliphatic carbocycles. The van der Waals surface area contributed by atoms with Crippen LogP contribution in [0.15, 0.2) is 28.7 Å². The van der Waals surface area contributed by atoms with Crippen molar-refractivity contribution in [1.82, 2.24) is 0 Å². The topological polar surface area (TPSA) is 48.4 Å². The first-order valence-electron chi connectivity index (χ1n) is 4.64. The van der Waals surface area contributed by atoms with Gasteiger partial charge in [0, 0.05) is 17.5 Å². The van der Waals surface area contributed by atoms with Crippen molar-refractivity contribution in [2.24, 2.45) is 5.73 Å². The second-order valence-corrected chi connectivity index (χ2v) is 3.15. The van der Waals surface area contributed by atoms with Gasteiger partial charge in [0.25, 0.3) is 5.95 Å². The van der Waals surface area contributed by atoms with Gasteiger partial charge in [-0.25, -0.2) is 0 Å². The molecule has 0 saturated carbocycles. The van der Waals surface area contributed by atoms with Crippen molar-refractivity contribution < 1.29 is 9.15 Å². The molecular formula is C11H13NO2. The number of hydrogen-bond donors (Lipinski definition) is 1. The number of benzene rings is 1. The highest BCUT2D eigenvalue weighted by Crippen LogP contribution is 2.30. The Labute approximate surface area is 82.5 Å². The Kier molecular flexibility index (Phi) is 2.41. The first kappa shape index (κ1) is 9.09. The van der Waals surface area contributed by atoms with Crippen LogP contribution in [-0.2, 0) is 0 Å². The highest BCUT2D eigenvalue weighted by molar-refractivity contribution is 5.82.